The molecule has 0 fully saturated rings. The van der Waals surface area contributed by atoms with E-state index in [0.717, 1.165) is 17.9 Å². The zero-order valence-corrected chi connectivity index (χ0v) is 11.9. The van der Waals surface area contributed by atoms with Crippen LogP contribution in [0.1, 0.15) is 20.3 Å². The molecule has 18 heavy (non-hydrogen) atoms. The fourth-order valence-corrected chi connectivity index (χ4v) is 1.70. The molecule has 1 aromatic rings. The van der Waals surface area contributed by atoms with Crippen molar-refractivity contribution in [2.45, 2.75) is 20.3 Å². The Morgan fingerprint density at radius 3 is 2.39 bits per heavy atom. The average molecular weight is 269 g/mol. The van der Waals surface area contributed by atoms with E-state index in [1.165, 1.54) is 0 Å². The van der Waals surface area contributed by atoms with Gasteiger partial charge in [0.2, 0.25) is 0 Å². The number of alkyl halides is 1. The summed E-state index contributed by atoms with van der Waals surface area (Å²) in [6, 6.07) is 7.70. The Hall–Kier alpha value is -1.15. The summed E-state index contributed by atoms with van der Waals surface area (Å²) in [4.78, 5) is 0. The van der Waals surface area contributed by atoms with Crippen LogP contribution in [0.15, 0.2) is 36.9 Å². The maximum absolute atomic E-state index is 5.92. The third-order valence-electron chi connectivity index (χ3n) is 2.88. The number of para-hydroxylation sites is 2. The molecule has 0 N–H and O–H groups in total. The van der Waals surface area contributed by atoms with Crippen molar-refractivity contribution >= 4 is 11.6 Å². The van der Waals surface area contributed by atoms with Gasteiger partial charge < -0.3 is 9.47 Å². The van der Waals surface area contributed by atoms with Crippen LogP contribution >= 0.6 is 11.6 Å². The van der Waals surface area contributed by atoms with Crippen LogP contribution in [-0.2, 0) is 0 Å². The molecule has 2 nitrogen and oxygen atoms in total. The van der Waals surface area contributed by atoms with Crippen molar-refractivity contribution in [2.75, 3.05) is 19.1 Å². The molecule has 3 heteroatoms. The first kappa shape index (κ1) is 14.9. The fraction of sp³-hybridized carbons (Fsp3) is 0.467. The van der Waals surface area contributed by atoms with E-state index >= 15 is 0 Å². The standard InChI is InChI=1S/C15H21ClO2/c1-4-15(3,12-16)10-11-18-14-9-7-6-8-13(14)17-5-2/h4,6-9H,1,5,10-12H2,2-3H3. The van der Waals surface area contributed by atoms with Crippen LogP contribution in [-0.4, -0.2) is 19.1 Å². The summed E-state index contributed by atoms with van der Waals surface area (Å²) in [5.41, 5.74) is -0.0812. The highest BCUT2D eigenvalue weighted by Gasteiger charge is 2.19. The molecule has 0 aliphatic heterocycles. The Bertz CT molecular complexity index is 379. The highest BCUT2D eigenvalue weighted by atomic mass is 35.5. The number of ether oxygens (including phenoxy) is 2. The Labute approximate surface area is 115 Å². The first-order chi connectivity index (χ1) is 8.65. The second-order valence-corrected chi connectivity index (χ2v) is 4.74. The lowest BCUT2D eigenvalue weighted by atomic mass is 9.90. The molecule has 1 rings (SSSR count). The van der Waals surface area contributed by atoms with Gasteiger partial charge in [0.1, 0.15) is 0 Å². The third-order valence-corrected chi connectivity index (χ3v) is 3.49. The number of benzene rings is 1. The number of hydrogen-bond donors (Lipinski definition) is 0. The van der Waals surface area contributed by atoms with Crippen LogP contribution in [0.5, 0.6) is 11.5 Å². The summed E-state index contributed by atoms with van der Waals surface area (Å²) < 4.78 is 11.3. The minimum absolute atomic E-state index is 0.0812. The smallest absolute Gasteiger partial charge is 0.161 e. The lowest BCUT2D eigenvalue weighted by Crippen LogP contribution is -2.18. The van der Waals surface area contributed by atoms with Crippen LogP contribution in [0.2, 0.25) is 0 Å². The number of rotatable bonds is 8. The van der Waals surface area contributed by atoms with Crippen LogP contribution in [0, 0.1) is 5.41 Å². The van der Waals surface area contributed by atoms with Gasteiger partial charge in [-0.05, 0) is 25.5 Å². The molecule has 1 aromatic carbocycles. The second-order valence-electron chi connectivity index (χ2n) is 4.47. The molecule has 100 valence electrons. The van der Waals surface area contributed by atoms with Crippen LogP contribution in [0.4, 0.5) is 0 Å². The summed E-state index contributed by atoms with van der Waals surface area (Å²) in [6.45, 7) is 9.07. The summed E-state index contributed by atoms with van der Waals surface area (Å²) in [5, 5.41) is 0. The Kier molecular flexibility index (Phi) is 6.06. The molecule has 1 atom stereocenters. The van der Waals surface area contributed by atoms with Crippen molar-refractivity contribution in [2.24, 2.45) is 5.41 Å². The van der Waals surface area contributed by atoms with Gasteiger partial charge in [0, 0.05) is 11.3 Å². The predicted molar refractivity (Wildman–Crippen MR) is 76.7 cm³/mol. The van der Waals surface area contributed by atoms with Gasteiger partial charge in [0.15, 0.2) is 11.5 Å². The lowest BCUT2D eigenvalue weighted by molar-refractivity contribution is 0.244. The van der Waals surface area contributed by atoms with Crippen molar-refractivity contribution in [3.05, 3.63) is 36.9 Å². The monoisotopic (exact) mass is 268 g/mol. The molecule has 0 saturated heterocycles. The average Bonchev–Trinajstić information content (AvgIpc) is 2.41. The zero-order chi connectivity index (χ0) is 13.4. The van der Waals surface area contributed by atoms with Gasteiger partial charge in [-0.3, -0.25) is 0 Å². The number of hydrogen-bond acceptors (Lipinski definition) is 2. The molecule has 0 bridgehead atoms. The van der Waals surface area contributed by atoms with E-state index in [4.69, 9.17) is 21.1 Å². The van der Waals surface area contributed by atoms with Crippen LogP contribution in [0.25, 0.3) is 0 Å². The van der Waals surface area contributed by atoms with E-state index in [1.807, 2.05) is 37.3 Å². The topological polar surface area (TPSA) is 18.5 Å². The van der Waals surface area contributed by atoms with E-state index in [0.29, 0.717) is 19.1 Å². The van der Waals surface area contributed by atoms with Crippen LogP contribution < -0.4 is 9.47 Å². The van der Waals surface area contributed by atoms with E-state index in [9.17, 15) is 0 Å². The summed E-state index contributed by atoms with van der Waals surface area (Å²) >= 11 is 5.92. The fourth-order valence-electron chi connectivity index (χ4n) is 1.46. The Morgan fingerprint density at radius 1 is 1.28 bits per heavy atom. The molecule has 0 radical (unpaired) electrons. The molecule has 0 aliphatic carbocycles. The quantitative estimate of drug-likeness (QED) is 0.517. The number of halogens is 1. The van der Waals surface area contributed by atoms with Crippen molar-refractivity contribution in [3.8, 4) is 11.5 Å². The zero-order valence-electron chi connectivity index (χ0n) is 11.1. The van der Waals surface area contributed by atoms with Crippen LogP contribution in [0.3, 0.4) is 0 Å². The maximum atomic E-state index is 5.92. The van der Waals surface area contributed by atoms with Crippen molar-refractivity contribution in [3.63, 3.8) is 0 Å². The Balaban J connectivity index is 2.55. The molecule has 0 aromatic heterocycles. The molecule has 0 saturated carbocycles. The molecule has 0 aliphatic rings. The lowest BCUT2D eigenvalue weighted by Gasteiger charge is -2.22. The van der Waals surface area contributed by atoms with Gasteiger partial charge in [-0.15, -0.1) is 18.2 Å². The van der Waals surface area contributed by atoms with Gasteiger partial charge in [-0.2, -0.15) is 0 Å². The summed E-state index contributed by atoms with van der Waals surface area (Å²) in [5.74, 6) is 2.11. The molecule has 1 unspecified atom stereocenters. The maximum Gasteiger partial charge on any atom is 0.161 e. The highest BCUT2D eigenvalue weighted by Crippen LogP contribution is 2.29. The van der Waals surface area contributed by atoms with Gasteiger partial charge in [0.05, 0.1) is 13.2 Å². The number of allylic oxidation sites excluding steroid dienone is 1. The molecule has 0 amide bonds. The largest absolute Gasteiger partial charge is 0.490 e. The highest BCUT2D eigenvalue weighted by molar-refractivity contribution is 6.18. The minimum Gasteiger partial charge on any atom is -0.490 e. The first-order valence-corrected chi connectivity index (χ1v) is 6.73. The van der Waals surface area contributed by atoms with Gasteiger partial charge in [-0.1, -0.05) is 25.1 Å². The predicted octanol–water partition coefficient (Wildman–Crippen LogP) is 4.29. The van der Waals surface area contributed by atoms with Crippen molar-refractivity contribution < 1.29 is 9.47 Å². The molecular weight excluding hydrogens is 248 g/mol. The molecule has 0 spiro atoms. The van der Waals surface area contributed by atoms with Crippen molar-refractivity contribution in [1.29, 1.82) is 0 Å². The van der Waals surface area contributed by atoms with Gasteiger partial charge in [-0.25, -0.2) is 0 Å². The SMILES string of the molecule is C=CC(C)(CCl)CCOc1ccccc1OCC. The molecule has 0 heterocycles. The van der Waals surface area contributed by atoms with Gasteiger partial charge in [0.25, 0.3) is 0 Å². The first-order valence-electron chi connectivity index (χ1n) is 6.19. The minimum atomic E-state index is -0.0812. The van der Waals surface area contributed by atoms with E-state index in [1.54, 1.807) is 0 Å². The van der Waals surface area contributed by atoms with E-state index in [2.05, 4.69) is 13.5 Å². The Morgan fingerprint density at radius 2 is 1.89 bits per heavy atom. The summed E-state index contributed by atoms with van der Waals surface area (Å²) in [6.07, 6.45) is 2.72. The van der Waals surface area contributed by atoms with Gasteiger partial charge >= 0.3 is 0 Å². The second kappa shape index (κ2) is 7.32. The van der Waals surface area contributed by atoms with Crippen molar-refractivity contribution in [1.82, 2.24) is 0 Å². The summed E-state index contributed by atoms with van der Waals surface area (Å²) in [7, 11) is 0. The third kappa shape index (κ3) is 4.26. The normalized spacial score (nSPS) is 13.7. The van der Waals surface area contributed by atoms with E-state index < -0.39 is 0 Å². The van der Waals surface area contributed by atoms with E-state index in [-0.39, 0.29) is 5.41 Å². The molecular formula is C15H21ClO2.